The molecule has 2 aromatic heterocycles. The Morgan fingerprint density at radius 1 is 1.42 bits per heavy atom. The van der Waals surface area contributed by atoms with Crippen LogP contribution in [0.4, 0.5) is 11.8 Å². The maximum Gasteiger partial charge on any atom is 0.240 e. The summed E-state index contributed by atoms with van der Waals surface area (Å²) >= 11 is 1.57. The number of nitrogens with zero attached hydrogens (tertiary/aromatic N) is 2. The Morgan fingerprint density at radius 3 is 3.16 bits per heavy atom. The number of thiophene rings is 1. The topological polar surface area (TPSA) is 85.1 Å². The van der Waals surface area contributed by atoms with Gasteiger partial charge in [0.15, 0.2) is 0 Å². The fraction of sp³-hybridized carbons (Fsp3) is 0.500. The predicted molar refractivity (Wildman–Crippen MR) is 77.3 cm³/mol. The first-order chi connectivity index (χ1) is 9.36. The zero-order valence-electron chi connectivity index (χ0n) is 10.6. The first-order valence-corrected chi connectivity index (χ1v) is 7.32. The van der Waals surface area contributed by atoms with E-state index in [9.17, 15) is 0 Å². The van der Waals surface area contributed by atoms with Gasteiger partial charge in [-0.25, -0.2) is 10.8 Å². The second kappa shape index (κ2) is 5.68. The monoisotopic (exact) mass is 279 g/mol. The molecular weight excluding hydrogens is 262 g/mol. The average Bonchev–Trinajstić information content (AvgIpc) is 2.94. The van der Waals surface area contributed by atoms with Crippen LogP contribution in [0.2, 0.25) is 0 Å². The van der Waals surface area contributed by atoms with Gasteiger partial charge < -0.3 is 10.1 Å². The van der Waals surface area contributed by atoms with Crippen molar-refractivity contribution in [2.24, 2.45) is 5.84 Å². The van der Waals surface area contributed by atoms with Crippen LogP contribution in [0.15, 0.2) is 11.4 Å². The van der Waals surface area contributed by atoms with Gasteiger partial charge in [0.25, 0.3) is 0 Å². The molecule has 19 heavy (non-hydrogen) atoms. The molecule has 3 rings (SSSR count). The number of nitrogens with one attached hydrogen (secondary N) is 2. The van der Waals surface area contributed by atoms with Gasteiger partial charge in [-0.05, 0) is 30.7 Å². The van der Waals surface area contributed by atoms with Crippen LogP contribution in [0.3, 0.4) is 0 Å². The van der Waals surface area contributed by atoms with Crippen molar-refractivity contribution < 1.29 is 4.74 Å². The highest BCUT2D eigenvalue weighted by Crippen LogP contribution is 2.26. The predicted octanol–water partition coefficient (Wildman–Crippen LogP) is 1.96. The van der Waals surface area contributed by atoms with E-state index in [0.29, 0.717) is 5.95 Å². The van der Waals surface area contributed by atoms with Crippen molar-refractivity contribution in [3.8, 4) is 0 Å². The smallest absolute Gasteiger partial charge is 0.240 e. The lowest BCUT2D eigenvalue weighted by Crippen LogP contribution is -2.27. The quantitative estimate of drug-likeness (QED) is 0.586. The van der Waals surface area contributed by atoms with Gasteiger partial charge in [0.2, 0.25) is 5.95 Å². The molecule has 6 nitrogen and oxygen atoms in total. The van der Waals surface area contributed by atoms with E-state index in [0.717, 1.165) is 35.6 Å². The molecule has 4 N–H and O–H groups in total. The minimum absolute atomic E-state index is 0.270. The number of hydrogen-bond acceptors (Lipinski definition) is 7. The van der Waals surface area contributed by atoms with Crippen LogP contribution in [-0.2, 0) is 4.74 Å². The Balaban J connectivity index is 1.77. The molecule has 7 heteroatoms. The molecule has 0 saturated carbocycles. The Labute approximate surface area is 115 Å². The van der Waals surface area contributed by atoms with Crippen LogP contribution in [-0.4, -0.2) is 29.2 Å². The molecule has 1 aliphatic rings. The van der Waals surface area contributed by atoms with Gasteiger partial charge in [0, 0.05) is 13.2 Å². The van der Waals surface area contributed by atoms with Gasteiger partial charge >= 0.3 is 0 Å². The molecule has 1 fully saturated rings. The molecule has 0 aromatic carbocycles. The number of aromatic nitrogens is 2. The van der Waals surface area contributed by atoms with Gasteiger partial charge in [-0.1, -0.05) is 0 Å². The van der Waals surface area contributed by atoms with Gasteiger partial charge in [-0.15, -0.1) is 11.3 Å². The number of anilines is 2. The normalized spacial score (nSPS) is 19.5. The third-order valence-electron chi connectivity index (χ3n) is 3.23. The summed E-state index contributed by atoms with van der Waals surface area (Å²) in [5.41, 5.74) is 2.50. The summed E-state index contributed by atoms with van der Waals surface area (Å²) < 4.78 is 5.71. The summed E-state index contributed by atoms with van der Waals surface area (Å²) in [6, 6.07) is 2.02. The molecule has 0 radical (unpaired) electrons. The van der Waals surface area contributed by atoms with Gasteiger partial charge in [0.05, 0.1) is 11.5 Å². The largest absolute Gasteiger partial charge is 0.376 e. The lowest BCUT2D eigenvalue weighted by atomic mass is 10.1. The molecule has 2 aromatic rings. The minimum Gasteiger partial charge on any atom is -0.376 e. The summed E-state index contributed by atoms with van der Waals surface area (Å²) in [5.74, 6) is 6.64. The summed E-state index contributed by atoms with van der Waals surface area (Å²) in [6.45, 7) is 1.63. The van der Waals surface area contributed by atoms with E-state index >= 15 is 0 Å². The Bertz CT molecular complexity index is 552. The van der Waals surface area contributed by atoms with E-state index in [1.54, 1.807) is 11.3 Å². The fourth-order valence-electron chi connectivity index (χ4n) is 2.23. The van der Waals surface area contributed by atoms with Gasteiger partial charge in [0.1, 0.15) is 10.6 Å². The number of nitrogen functional groups attached to an aromatic ring is 1. The highest BCUT2D eigenvalue weighted by molar-refractivity contribution is 7.16. The molecule has 1 unspecified atom stereocenters. The molecule has 102 valence electrons. The molecule has 0 spiro atoms. The molecule has 0 aliphatic carbocycles. The van der Waals surface area contributed by atoms with E-state index < -0.39 is 0 Å². The van der Waals surface area contributed by atoms with Crippen LogP contribution < -0.4 is 16.6 Å². The second-order valence-corrected chi connectivity index (χ2v) is 5.44. The summed E-state index contributed by atoms with van der Waals surface area (Å²) in [4.78, 5) is 9.60. The van der Waals surface area contributed by atoms with Crippen LogP contribution in [0.5, 0.6) is 0 Å². The highest BCUT2D eigenvalue weighted by Gasteiger charge is 2.15. The lowest BCUT2D eigenvalue weighted by Gasteiger charge is -2.23. The molecule has 1 atom stereocenters. The third-order valence-corrected chi connectivity index (χ3v) is 4.03. The van der Waals surface area contributed by atoms with E-state index in [2.05, 4.69) is 20.7 Å². The molecule has 1 aliphatic heterocycles. The second-order valence-electron chi connectivity index (χ2n) is 4.55. The maximum atomic E-state index is 5.71. The SMILES string of the molecule is NNc1nc(NCC2CCCCO2)c2ccsc2n1. The molecular formula is C12H17N5OS. The number of nitrogens with two attached hydrogens (primary N) is 1. The number of hydrazine groups is 1. The van der Waals surface area contributed by atoms with E-state index in [1.807, 2.05) is 11.4 Å². The fourth-order valence-corrected chi connectivity index (χ4v) is 3.00. The van der Waals surface area contributed by atoms with Crippen molar-refractivity contribution in [3.05, 3.63) is 11.4 Å². The van der Waals surface area contributed by atoms with Crippen molar-refractivity contribution in [2.75, 3.05) is 23.9 Å². The maximum absolute atomic E-state index is 5.71. The van der Waals surface area contributed by atoms with Crippen molar-refractivity contribution in [1.82, 2.24) is 9.97 Å². The number of hydrogen-bond donors (Lipinski definition) is 3. The summed E-state index contributed by atoms with van der Waals surface area (Å²) in [5, 5.41) is 6.38. The molecule has 0 amide bonds. The Hall–Kier alpha value is -1.44. The van der Waals surface area contributed by atoms with Gasteiger partial charge in [-0.2, -0.15) is 4.98 Å². The van der Waals surface area contributed by atoms with Crippen molar-refractivity contribution >= 4 is 33.3 Å². The molecule has 3 heterocycles. The van der Waals surface area contributed by atoms with Crippen molar-refractivity contribution in [2.45, 2.75) is 25.4 Å². The van der Waals surface area contributed by atoms with E-state index in [1.165, 1.54) is 12.8 Å². The van der Waals surface area contributed by atoms with E-state index in [-0.39, 0.29) is 6.10 Å². The molecule has 0 bridgehead atoms. The van der Waals surface area contributed by atoms with E-state index in [4.69, 9.17) is 10.6 Å². The average molecular weight is 279 g/mol. The zero-order valence-corrected chi connectivity index (χ0v) is 11.4. The van der Waals surface area contributed by atoms with Gasteiger partial charge in [-0.3, -0.25) is 5.43 Å². The third kappa shape index (κ3) is 2.78. The minimum atomic E-state index is 0.270. The molecule has 1 saturated heterocycles. The Kier molecular flexibility index (Phi) is 3.77. The van der Waals surface area contributed by atoms with Crippen LogP contribution >= 0.6 is 11.3 Å². The first kappa shape index (κ1) is 12.6. The zero-order chi connectivity index (χ0) is 13.1. The van der Waals surface area contributed by atoms with Crippen molar-refractivity contribution in [3.63, 3.8) is 0 Å². The van der Waals surface area contributed by atoms with Crippen molar-refractivity contribution in [1.29, 1.82) is 0 Å². The number of ether oxygens (including phenoxy) is 1. The van der Waals surface area contributed by atoms with Crippen LogP contribution in [0.1, 0.15) is 19.3 Å². The lowest BCUT2D eigenvalue weighted by molar-refractivity contribution is 0.0247. The Morgan fingerprint density at radius 2 is 2.37 bits per heavy atom. The first-order valence-electron chi connectivity index (χ1n) is 6.44. The number of rotatable bonds is 4. The standard InChI is InChI=1S/C12H17N5OS/c13-17-12-15-10(9-4-6-19-11(9)16-12)14-7-8-3-1-2-5-18-8/h4,6,8H,1-3,5,7,13H2,(H2,14,15,16,17). The summed E-state index contributed by atoms with van der Waals surface area (Å²) in [6.07, 6.45) is 3.78. The summed E-state index contributed by atoms with van der Waals surface area (Å²) in [7, 11) is 0. The van der Waals surface area contributed by atoms with Crippen LogP contribution in [0, 0.1) is 0 Å². The number of fused-ring (bicyclic) bond motifs is 1. The highest BCUT2D eigenvalue weighted by atomic mass is 32.1. The van der Waals surface area contributed by atoms with Crippen LogP contribution in [0.25, 0.3) is 10.2 Å².